The van der Waals surface area contributed by atoms with Gasteiger partial charge in [0.2, 0.25) is 15.9 Å². The second-order valence-corrected chi connectivity index (χ2v) is 7.93. The molecule has 140 valence electrons. The second-order valence-electron chi connectivity index (χ2n) is 5.79. The van der Waals surface area contributed by atoms with Gasteiger partial charge in [-0.15, -0.1) is 0 Å². The first-order valence-electron chi connectivity index (χ1n) is 8.20. The predicted octanol–water partition coefficient (Wildman–Crippen LogP) is 0.799. The van der Waals surface area contributed by atoms with Crippen LogP contribution in [0.3, 0.4) is 0 Å². The van der Waals surface area contributed by atoms with Gasteiger partial charge < -0.3 is 9.64 Å². The molecule has 0 spiro atoms. The maximum atomic E-state index is 12.3. The van der Waals surface area contributed by atoms with Crippen LogP contribution in [0.4, 0.5) is 0 Å². The van der Waals surface area contributed by atoms with Gasteiger partial charge >= 0.3 is 0 Å². The molecule has 0 aliphatic carbocycles. The van der Waals surface area contributed by atoms with Crippen molar-refractivity contribution in [3.8, 4) is 0 Å². The van der Waals surface area contributed by atoms with Crippen molar-refractivity contribution in [3.63, 3.8) is 0 Å². The monoisotopic (exact) mass is 389 g/mol. The van der Waals surface area contributed by atoms with Gasteiger partial charge in [0.15, 0.2) is 0 Å². The first kappa shape index (κ1) is 20.1. The summed E-state index contributed by atoms with van der Waals surface area (Å²) >= 11 is 5.94. The third-order valence-corrected chi connectivity index (χ3v) is 6.00. The molecule has 1 aromatic carbocycles. The van der Waals surface area contributed by atoms with Gasteiger partial charge in [0.1, 0.15) is 4.90 Å². The number of rotatable bonds is 8. The first-order valence-corrected chi connectivity index (χ1v) is 10.1. The average molecular weight is 390 g/mol. The topological polar surface area (TPSA) is 79.0 Å². The van der Waals surface area contributed by atoms with E-state index < -0.39 is 10.0 Å². The highest BCUT2D eigenvalue weighted by atomic mass is 35.5. The maximum absolute atomic E-state index is 12.3. The van der Waals surface area contributed by atoms with Gasteiger partial charge in [-0.1, -0.05) is 23.7 Å². The highest BCUT2D eigenvalue weighted by Gasteiger charge is 2.18. The summed E-state index contributed by atoms with van der Waals surface area (Å²) in [5, 5.41) is 0.172. The molecule has 7 nitrogen and oxygen atoms in total. The lowest BCUT2D eigenvalue weighted by Gasteiger charge is -2.29. The molecule has 0 unspecified atom stereocenters. The number of benzene rings is 1. The maximum Gasteiger partial charge on any atom is 0.242 e. The molecular formula is C16H24ClN3O4S. The first-order chi connectivity index (χ1) is 11.9. The van der Waals surface area contributed by atoms with Gasteiger partial charge in [0.05, 0.1) is 18.2 Å². The lowest BCUT2D eigenvalue weighted by Crippen LogP contribution is -2.44. The molecule has 1 N–H and O–H groups in total. The number of halogens is 1. The molecule has 1 heterocycles. The van der Waals surface area contributed by atoms with E-state index in [0.29, 0.717) is 26.3 Å². The Morgan fingerprint density at radius 1 is 1.28 bits per heavy atom. The summed E-state index contributed by atoms with van der Waals surface area (Å²) in [6, 6.07) is 6.27. The van der Waals surface area contributed by atoms with Crippen LogP contribution < -0.4 is 4.72 Å². The van der Waals surface area contributed by atoms with Crippen LogP contribution >= 0.6 is 11.6 Å². The van der Waals surface area contributed by atoms with Crippen LogP contribution in [-0.4, -0.2) is 76.6 Å². The molecule has 0 saturated carbocycles. The van der Waals surface area contributed by atoms with Gasteiger partial charge in [0, 0.05) is 46.2 Å². The number of ether oxygens (including phenoxy) is 1. The largest absolute Gasteiger partial charge is 0.379 e. The molecule has 1 fully saturated rings. The summed E-state index contributed by atoms with van der Waals surface area (Å²) < 4.78 is 32.4. The van der Waals surface area contributed by atoms with E-state index >= 15 is 0 Å². The Kier molecular flexibility index (Phi) is 7.64. The molecule has 1 saturated heterocycles. The normalized spacial score (nSPS) is 15.9. The van der Waals surface area contributed by atoms with Crippen molar-refractivity contribution in [2.24, 2.45) is 0 Å². The molecule has 0 radical (unpaired) electrons. The molecule has 1 aliphatic heterocycles. The summed E-state index contributed by atoms with van der Waals surface area (Å²) in [6.45, 7) is 6.36. The van der Waals surface area contributed by atoms with Gasteiger partial charge in [-0.05, 0) is 12.1 Å². The summed E-state index contributed by atoms with van der Waals surface area (Å²) in [5.74, 6) is -0.0785. The van der Waals surface area contributed by atoms with E-state index in [1.807, 2.05) is 0 Å². The quantitative estimate of drug-likeness (QED) is 0.711. The van der Waals surface area contributed by atoms with Crippen molar-refractivity contribution < 1.29 is 17.9 Å². The predicted molar refractivity (Wildman–Crippen MR) is 96.2 cm³/mol. The Balaban J connectivity index is 1.84. The van der Waals surface area contributed by atoms with Crippen LogP contribution in [0.25, 0.3) is 0 Å². The summed E-state index contributed by atoms with van der Waals surface area (Å²) in [4.78, 5) is 15.7. The fraction of sp³-hybridized carbons (Fsp3) is 0.562. The fourth-order valence-electron chi connectivity index (χ4n) is 2.57. The zero-order valence-corrected chi connectivity index (χ0v) is 15.9. The minimum absolute atomic E-state index is 0.0411. The summed E-state index contributed by atoms with van der Waals surface area (Å²) in [6.07, 6.45) is 0. The van der Waals surface area contributed by atoms with E-state index in [-0.39, 0.29) is 22.4 Å². The Labute approximate surface area is 153 Å². The van der Waals surface area contributed by atoms with Crippen LogP contribution in [0.2, 0.25) is 5.02 Å². The van der Waals surface area contributed by atoms with Gasteiger partial charge in [-0.3, -0.25) is 9.69 Å². The van der Waals surface area contributed by atoms with Gasteiger partial charge in [0.25, 0.3) is 0 Å². The van der Waals surface area contributed by atoms with Crippen LogP contribution in [0.1, 0.15) is 6.92 Å². The molecule has 0 bridgehead atoms. The molecular weight excluding hydrogens is 366 g/mol. The molecule has 25 heavy (non-hydrogen) atoms. The van der Waals surface area contributed by atoms with E-state index in [1.165, 1.54) is 19.1 Å². The minimum atomic E-state index is -3.69. The average Bonchev–Trinajstić information content (AvgIpc) is 2.58. The minimum Gasteiger partial charge on any atom is -0.379 e. The molecule has 2 rings (SSSR count). The third kappa shape index (κ3) is 6.23. The Morgan fingerprint density at radius 3 is 2.60 bits per heavy atom. The molecule has 0 atom stereocenters. The number of hydrogen-bond acceptors (Lipinski definition) is 5. The van der Waals surface area contributed by atoms with Crippen LogP contribution in [0.5, 0.6) is 0 Å². The lowest BCUT2D eigenvalue weighted by atomic mass is 10.3. The Bertz CT molecular complexity index is 678. The summed E-state index contributed by atoms with van der Waals surface area (Å²) in [5.41, 5.74) is 0. The molecule has 1 aliphatic rings. The molecule has 9 heteroatoms. The zero-order chi connectivity index (χ0) is 18.3. The van der Waals surface area contributed by atoms with Gasteiger partial charge in [-0.2, -0.15) is 0 Å². The standard InChI is InChI=1S/C16H24ClN3O4S/c1-14(21)20(9-8-19-10-12-24-13-11-19)7-6-18-25(22,23)16-5-3-2-4-15(16)17/h2-5,18H,6-13H2,1H3. The van der Waals surface area contributed by atoms with Crippen molar-refractivity contribution >= 4 is 27.5 Å². The summed E-state index contributed by atoms with van der Waals surface area (Å²) in [7, 11) is -3.69. The van der Waals surface area contributed by atoms with Crippen LogP contribution in [0.15, 0.2) is 29.2 Å². The smallest absolute Gasteiger partial charge is 0.242 e. The third-order valence-electron chi connectivity index (χ3n) is 4.04. The zero-order valence-electron chi connectivity index (χ0n) is 14.3. The van der Waals surface area contributed by atoms with Gasteiger partial charge in [-0.25, -0.2) is 13.1 Å². The van der Waals surface area contributed by atoms with E-state index in [0.717, 1.165) is 19.6 Å². The number of nitrogens with one attached hydrogen (secondary N) is 1. The van der Waals surface area contributed by atoms with Crippen molar-refractivity contribution in [1.82, 2.24) is 14.5 Å². The van der Waals surface area contributed by atoms with Crippen LogP contribution in [-0.2, 0) is 19.6 Å². The van der Waals surface area contributed by atoms with Crippen molar-refractivity contribution in [1.29, 1.82) is 0 Å². The highest BCUT2D eigenvalue weighted by molar-refractivity contribution is 7.89. The van der Waals surface area contributed by atoms with Crippen molar-refractivity contribution in [2.75, 3.05) is 52.5 Å². The van der Waals surface area contributed by atoms with Crippen molar-refractivity contribution in [2.45, 2.75) is 11.8 Å². The highest BCUT2D eigenvalue weighted by Crippen LogP contribution is 2.19. The number of carbonyl (C=O) groups excluding carboxylic acids is 1. The van der Waals surface area contributed by atoms with E-state index in [4.69, 9.17) is 16.3 Å². The van der Waals surface area contributed by atoms with Crippen LogP contribution in [0, 0.1) is 0 Å². The molecule has 0 aromatic heterocycles. The number of nitrogens with zero attached hydrogens (tertiary/aromatic N) is 2. The van der Waals surface area contributed by atoms with E-state index in [9.17, 15) is 13.2 Å². The SMILES string of the molecule is CC(=O)N(CCNS(=O)(=O)c1ccccc1Cl)CCN1CCOCC1. The molecule has 1 aromatic rings. The van der Waals surface area contributed by atoms with E-state index in [2.05, 4.69) is 9.62 Å². The number of carbonyl (C=O) groups is 1. The van der Waals surface area contributed by atoms with E-state index in [1.54, 1.807) is 17.0 Å². The number of hydrogen-bond donors (Lipinski definition) is 1. The second kappa shape index (κ2) is 9.49. The molecule has 1 amide bonds. The number of morpholine rings is 1. The van der Waals surface area contributed by atoms with Crippen molar-refractivity contribution in [3.05, 3.63) is 29.3 Å². The number of amides is 1. The fourth-order valence-corrected chi connectivity index (χ4v) is 4.11. The Morgan fingerprint density at radius 2 is 1.96 bits per heavy atom. The lowest BCUT2D eigenvalue weighted by molar-refractivity contribution is -0.129. The Hall–Kier alpha value is -1.19. The number of sulfonamides is 1.